The van der Waals surface area contributed by atoms with E-state index in [-0.39, 0.29) is 0 Å². The van der Waals surface area contributed by atoms with Gasteiger partial charge in [0.05, 0.1) is 6.10 Å². The summed E-state index contributed by atoms with van der Waals surface area (Å²) in [6, 6.07) is 2.06. The van der Waals surface area contributed by atoms with Gasteiger partial charge in [-0.1, -0.05) is 19.3 Å². The minimum atomic E-state index is -0.398. The molecule has 2 rings (SSSR count). The maximum atomic E-state index is 9.85. The summed E-state index contributed by atoms with van der Waals surface area (Å²) < 4.78 is 0. The van der Waals surface area contributed by atoms with Crippen LogP contribution in [0, 0.1) is 5.92 Å². The van der Waals surface area contributed by atoms with Gasteiger partial charge in [-0.25, -0.2) is 0 Å². The molecular formula is C14H24N2OS. The average Bonchev–Trinajstić information content (AvgIpc) is 2.87. The first-order valence-corrected chi connectivity index (χ1v) is 7.88. The van der Waals surface area contributed by atoms with Crippen molar-refractivity contribution in [1.29, 1.82) is 0 Å². The number of rotatable bonds is 6. The number of anilines is 1. The minimum Gasteiger partial charge on any atom is -0.388 e. The molecule has 0 amide bonds. The van der Waals surface area contributed by atoms with Gasteiger partial charge in [0.1, 0.15) is 0 Å². The molecule has 1 unspecified atom stereocenters. The second-order valence-electron chi connectivity index (χ2n) is 5.22. The van der Waals surface area contributed by atoms with Crippen LogP contribution in [-0.4, -0.2) is 18.2 Å². The molecule has 0 saturated heterocycles. The Morgan fingerprint density at radius 1 is 1.39 bits per heavy atom. The molecule has 1 saturated carbocycles. The second-order valence-corrected chi connectivity index (χ2v) is 6.16. The summed E-state index contributed by atoms with van der Waals surface area (Å²) in [5, 5.41) is 15.4. The monoisotopic (exact) mass is 268 g/mol. The Kier molecular flexibility index (Phi) is 5.47. The van der Waals surface area contributed by atoms with Crippen LogP contribution in [0.25, 0.3) is 0 Å². The Labute approximate surface area is 113 Å². The molecule has 1 aromatic heterocycles. The van der Waals surface area contributed by atoms with E-state index in [1.54, 1.807) is 11.3 Å². The third-order valence-electron chi connectivity index (χ3n) is 3.71. The lowest BCUT2D eigenvalue weighted by atomic mass is 9.89. The quantitative estimate of drug-likeness (QED) is 0.743. The van der Waals surface area contributed by atoms with Crippen molar-refractivity contribution in [3.8, 4) is 0 Å². The summed E-state index contributed by atoms with van der Waals surface area (Å²) in [5.41, 5.74) is 6.61. The lowest BCUT2D eigenvalue weighted by Gasteiger charge is -2.21. The highest BCUT2D eigenvalue weighted by Gasteiger charge is 2.14. The number of nitrogens with two attached hydrogens (primary N) is 1. The van der Waals surface area contributed by atoms with Crippen LogP contribution in [0.5, 0.6) is 0 Å². The average molecular weight is 268 g/mol. The third kappa shape index (κ3) is 3.97. The molecule has 1 aromatic rings. The number of hydrogen-bond donors (Lipinski definition) is 3. The zero-order valence-corrected chi connectivity index (χ0v) is 11.7. The van der Waals surface area contributed by atoms with Gasteiger partial charge < -0.3 is 16.2 Å². The van der Waals surface area contributed by atoms with Gasteiger partial charge in [0.2, 0.25) is 0 Å². The minimum absolute atomic E-state index is 0.398. The van der Waals surface area contributed by atoms with E-state index in [1.165, 1.54) is 32.1 Å². The van der Waals surface area contributed by atoms with Crippen LogP contribution in [0.2, 0.25) is 0 Å². The van der Waals surface area contributed by atoms with Crippen molar-refractivity contribution in [2.75, 3.05) is 18.4 Å². The number of aliphatic hydroxyl groups is 1. The van der Waals surface area contributed by atoms with Crippen LogP contribution in [0.4, 0.5) is 5.69 Å². The van der Waals surface area contributed by atoms with Gasteiger partial charge in [0.15, 0.2) is 0 Å². The Hall–Kier alpha value is -0.580. The highest BCUT2D eigenvalue weighted by Crippen LogP contribution is 2.28. The Morgan fingerprint density at radius 3 is 2.89 bits per heavy atom. The lowest BCUT2D eigenvalue weighted by molar-refractivity contribution is 0.174. The molecule has 4 N–H and O–H groups in total. The first-order chi connectivity index (χ1) is 8.79. The van der Waals surface area contributed by atoms with Gasteiger partial charge in [0.25, 0.3) is 0 Å². The van der Waals surface area contributed by atoms with Crippen LogP contribution in [0.1, 0.15) is 49.5 Å². The van der Waals surface area contributed by atoms with Crippen LogP contribution < -0.4 is 11.1 Å². The highest BCUT2D eigenvalue weighted by atomic mass is 32.1. The summed E-state index contributed by atoms with van der Waals surface area (Å²) in [6.45, 7) is 1.60. The van der Waals surface area contributed by atoms with E-state index in [2.05, 4.69) is 16.8 Å². The van der Waals surface area contributed by atoms with Crippen LogP contribution in [0.15, 0.2) is 11.4 Å². The van der Waals surface area contributed by atoms with Crippen molar-refractivity contribution in [3.63, 3.8) is 0 Å². The second kappa shape index (κ2) is 7.12. The molecule has 1 aliphatic carbocycles. The maximum absolute atomic E-state index is 9.85. The molecular weight excluding hydrogens is 244 g/mol. The predicted octanol–water partition coefficient (Wildman–Crippen LogP) is 3.12. The Balaban J connectivity index is 1.79. The molecule has 0 bridgehead atoms. The molecule has 0 aromatic carbocycles. The third-order valence-corrected chi connectivity index (χ3v) is 4.74. The van der Waals surface area contributed by atoms with Crippen molar-refractivity contribution in [1.82, 2.24) is 0 Å². The smallest absolute Gasteiger partial charge is 0.0894 e. The molecule has 1 aliphatic rings. The normalized spacial score (nSPS) is 18.8. The van der Waals surface area contributed by atoms with Crippen molar-refractivity contribution in [2.24, 2.45) is 11.7 Å². The highest BCUT2D eigenvalue weighted by molar-refractivity contribution is 7.10. The van der Waals surface area contributed by atoms with Crippen LogP contribution in [0.3, 0.4) is 0 Å². The van der Waals surface area contributed by atoms with Gasteiger partial charge in [-0.15, -0.1) is 11.3 Å². The lowest BCUT2D eigenvalue weighted by Crippen LogP contribution is -2.16. The van der Waals surface area contributed by atoms with Crippen LogP contribution >= 0.6 is 11.3 Å². The zero-order valence-electron chi connectivity index (χ0n) is 10.9. The summed E-state index contributed by atoms with van der Waals surface area (Å²) in [7, 11) is 0. The van der Waals surface area contributed by atoms with E-state index in [0.717, 1.165) is 23.0 Å². The van der Waals surface area contributed by atoms with Gasteiger partial charge in [0, 0.05) is 22.5 Å². The first kappa shape index (κ1) is 13.8. The molecule has 1 fully saturated rings. The fourth-order valence-electron chi connectivity index (χ4n) is 2.57. The van der Waals surface area contributed by atoms with E-state index >= 15 is 0 Å². The maximum Gasteiger partial charge on any atom is 0.0894 e. The largest absolute Gasteiger partial charge is 0.388 e. The Morgan fingerprint density at radius 2 is 2.17 bits per heavy atom. The molecule has 3 nitrogen and oxygen atoms in total. The predicted molar refractivity (Wildman–Crippen MR) is 78.0 cm³/mol. The molecule has 1 heterocycles. The topological polar surface area (TPSA) is 58.3 Å². The van der Waals surface area contributed by atoms with Gasteiger partial charge >= 0.3 is 0 Å². The van der Waals surface area contributed by atoms with Crippen molar-refractivity contribution in [3.05, 3.63) is 16.3 Å². The van der Waals surface area contributed by atoms with E-state index in [0.29, 0.717) is 13.0 Å². The van der Waals surface area contributed by atoms with Gasteiger partial charge in [-0.3, -0.25) is 0 Å². The molecule has 18 heavy (non-hydrogen) atoms. The number of aliphatic hydroxyl groups excluding tert-OH is 1. The van der Waals surface area contributed by atoms with E-state index < -0.39 is 6.10 Å². The van der Waals surface area contributed by atoms with Crippen molar-refractivity contribution in [2.45, 2.75) is 44.6 Å². The summed E-state index contributed by atoms with van der Waals surface area (Å²) in [4.78, 5) is 1.02. The van der Waals surface area contributed by atoms with E-state index in [4.69, 9.17) is 5.73 Å². The SMILES string of the molecule is NCCC(O)c1cc(NCC2CCCCC2)cs1. The Bertz CT molecular complexity index is 347. The fraction of sp³-hybridized carbons (Fsp3) is 0.714. The fourth-order valence-corrected chi connectivity index (χ4v) is 3.46. The standard InChI is InChI=1S/C14H24N2OS/c15-7-6-13(17)14-8-12(10-18-14)16-9-11-4-2-1-3-5-11/h8,10-11,13,16-17H,1-7,9,15H2. The molecule has 1 atom stereocenters. The molecule has 4 heteroatoms. The molecule has 0 aliphatic heterocycles. The zero-order chi connectivity index (χ0) is 12.8. The first-order valence-electron chi connectivity index (χ1n) is 7.00. The number of hydrogen-bond acceptors (Lipinski definition) is 4. The van der Waals surface area contributed by atoms with E-state index in [9.17, 15) is 5.11 Å². The van der Waals surface area contributed by atoms with Crippen molar-refractivity contribution >= 4 is 17.0 Å². The number of nitrogens with one attached hydrogen (secondary N) is 1. The molecule has 0 radical (unpaired) electrons. The van der Waals surface area contributed by atoms with Crippen LogP contribution in [-0.2, 0) is 0 Å². The van der Waals surface area contributed by atoms with E-state index in [1.807, 2.05) is 0 Å². The van der Waals surface area contributed by atoms with Gasteiger partial charge in [-0.2, -0.15) is 0 Å². The van der Waals surface area contributed by atoms with Crippen molar-refractivity contribution < 1.29 is 5.11 Å². The van der Waals surface area contributed by atoms with Gasteiger partial charge in [-0.05, 0) is 37.8 Å². The molecule has 102 valence electrons. The number of thiophene rings is 1. The summed E-state index contributed by atoms with van der Waals surface area (Å²) in [6.07, 6.45) is 7.14. The molecule has 0 spiro atoms. The summed E-state index contributed by atoms with van der Waals surface area (Å²) in [5.74, 6) is 0.830. The summed E-state index contributed by atoms with van der Waals surface area (Å²) >= 11 is 1.62.